The number of nitrogens with zero attached hydrogens (tertiary/aromatic N) is 4. The zero-order valence-corrected chi connectivity index (χ0v) is 15.5. The largest absolute Gasteiger partial charge is 0.451 e. The molecule has 0 aliphatic rings. The lowest BCUT2D eigenvalue weighted by Crippen LogP contribution is -2.14. The van der Waals surface area contributed by atoms with E-state index in [4.69, 9.17) is 0 Å². The Kier molecular flexibility index (Phi) is 5.43. The molecule has 10 heteroatoms. The van der Waals surface area contributed by atoms with Crippen molar-refractivity contribution in [2.75, 3.05) is 5.75 Å². The van der Waals surface area contributed by atoms with Crippen LogP contribution in [0.25, 0.3) is 10.9 Å². The lowest BCUT2D eigenvalue weighted by molar-refractivity contribution is -0.145. The Hall–Kier alpha value is -2.51. The number of halogens is 3. The molecule has 0 aliphatic heterocycles. The Bertz CT molecular complexity index is 1040. The average molecular weight is 408 g/mol. The monoisotopic (exact) mass is 408 g/mol. The Morgan fingerprint density at radius 3 is 2.67 bits per heavy atom. The molecule has 0 fully saturated rings. The van der Waals surface area contributed by atoms with Crippen molar-refractivity contribution in [2.24, 2.45) is 0 Å². The van der Waals surface area contributed by atoms with Crippen molar-refractivity contribution in [2.45, 2.75) is 24.0 Å². The van der Waals surface area contributed by atoms with E-state index < -0.39 is 23.7 Å². The first-order chi connectivity index (χ1) is 12.8. The van der Waals surface area contributed by atoms with Gasteiger partial charge in [-0.15, -0.1) is 11.3 Å². The second-order valence-electron chi connectivity index (χ2n) is 5.51. The quantitative estimate of drug-likeness (QED) is 0.460. The van der Waals surface area contributed by atoms with E-state index in [1.165, 1.54) is 17.4 Å². The van der Waals surface area contributed by atoms with Gasteiger partial charge in [-0.05, 0) is 13.0 Å². The Morgan fingerprint density at radius 2 is 2.04 bits per heavy atom. The van der Waals surface area contributed by atoms with Gasteiger partial charge in [0, 0.05) is 16.5 Å². The third-order valence-corrected chi connectivity index (χ3v) is 5.55. The van der Waals surface area contributed by atoms with Crippen molar-refractivity contribution in [3.63, 3.8) is 0 Å². The number of Topliss-reactive ketones (excluding diaryl/α,β-unsaturated/α-hetero) is 1. The fourth-order valence-electron chi connectivity index (χ4n) is 2.28. The molecule has 0 unspecified atom stereocenters. The fourth-order valence-corrected chi connectivity index (χ4v) is 4.06. The topological polar surface area (TPSA) is 79.5 Å². The molecule has 0 spiro atoms. The molecule has 0 radical (unpaired) electrons. The number of rotatable bonds is 5. The van der Waals surface area contributed by atoms with Gasteiger partial charge in [-0.25, -0.2) is 15.0 Å². The SMILES string of the molecule is Cc1csc([C@H](C#N)C(=O)CSc2nc(C(F)(F)F)nc3ccccc23)n1. The molecule has 5 nitrogen and oxygen atoms in total. The van der Waals surface area contributed by atoms with Crippen LogP contribution in [0.4, 0.5) is 13.2 Å². The van der Waals surface area contributed by atoms with Gasteiger partial charge in [0.25, 0.3) is 0 Å². The van der Waals surface area contributed by atoms with Crippen LogP contribution in [0, 0.1) is 18.3 Å². The number of fused-ring (bicyclic) bond motifs is 1. The van der Waals surface area contributed by atoms with Crippen LogP contribution in [0.3, 0.4) is 0 Å². The summed E-state index contributed by atoms with van der Waals surface area (Å²) in [4.78, 5) is 23.7. The van der Waals surface area contributed by atoms with Crippen LogP contribution in [0.5, 0.6) is 0 Å². The van der Waals surface area contributed by atoms with Crippen LogP contribution in [-0.4, -0.2) is 26.5 Å². The van der Waals surface area contributed by atoms with Crippen molar-refractivity contribution in [1.29, 1.82) is 5.26 Å². The first kappa shape index (κ1) is 19.3. The van der Waals surface area contributed by atoms with E-state index in [9.17, 15) is 23.2 Å². The number of aryl methyl sites for hydroxylation is 1. The number of hydrogen-bond donors (Lipinski definition) is 0. The average Bonchev–Trinajstić information content (AvgIpc) is 3.05. The molecule has 1 aromatic carbocycles. The standard InChI is InChI=1S/C17H11F3N4OS2/c1-9-7-26-15(22-9)11(6-21)13(25)8-27-14-10-4-2-3-5-12(10)23-16(24-14)17(18,19)20/h2-5,7,11H,8H2,1H3/t11-/m1/s1. The number of hydrogen-bond acceptors (Lipinski definition) is 7. The summed E-state index contributed by atoms with van der Waals surface area (Å²) in [5.74, 6) is -2.95. The van der Waals surface area contributed by atoms with Gasteiger partial charge in [-0.1, -0.05) is 30.0 Å². The summed E-state index contributed by atoms with van der Waals surface area (Å²) in [6.45, 7) is 1.75. The van der Waals surface area contributed by atoms with Crippen molar-refractivity contribution in [1.82, 2.24) is 15.0 Å². The van der Waals surface area contributed by atoms with Gasteiger partial charge in [0.15, 0.2) is 11.7 Å². The van der Waals surface area contributed by atoms with Crippen molar-refractivity contribution in [3.05, 3.63) is 46.2 Å². The summed E-state index contributed by atoms with van der Waals surface area (Å²) in [6.07, 6.45) is -4.70. The van der Waals surface area contributed by atoms with Crippen molar-refractivity contribution < 1.29 is 18.0 Å². The third kappa shape index (κ3) is 4.26. The summed E-state index contributed by atoms with van der Waals surface area (Å²) < 4.78 is 39.1. The highest BCUT2D eigenvalue weighted by Gasteiger charge is 2.35. The number of alkyl halides is 3. The summed E-state index contributed by atoms with van der Waals surface area (Å²) in [7, 11) is 0. The lowest BCUT2D eigenvalue weighted by Gasteiger charge is -2.10. The van der Waals surface area contributed by atoms with Gasteiger partial charge < -0.3 is 0 Å². The van der Waals surface area contributed by atoms with Crippen LogP contribution < -0.4 is 0 Å². The number of ketones is 1. The van der Waals surface area contributed by atoms with Gasteiger partial charge in [0.1, 0.15) is 10.0 Å². The Morgan fingerprint density at radius 1 is 1.30 bits per heavy atom. The molecule has 3 aromatic rings. The van der Waals surface area contributed by atoms with Gasteiger partial charge in [0.05, 0.1) is 17.3 Å². The Labute approximate surface area is 160 Å². The molecular formula is C17H11F3N4OS2. The highest BCUT2D eigenvalue weighted by Crippen LogP contribution is 2.33. The number of carbonyl (C=O) groups is 1. The van der Waals surface area contributed by atoms with E-state index in [0.717, 1.165) is 11.8 Å². The molecular weight excluding hydrogens is 397 g/mol. The van der Waals surface area contributed by atoms with Crippen LogP contribution in [0.15, 0.2) is 34.7 Å². The van der Waals surface area contributed by atoms with E-state index in [-0.39, 0.29) is 16.3 Å². The molecule has 2 heterocycles. The minimum atomic E-state index is -4.70. The van der Waals surface area contributed by atoms with E-state index in [0.29, 0.717) is 16.1 Å². The fraction of sp³-hybridized carbons (Fsp3) is 0.235. The third-order valence-electron chi connectivity index (χ3n) is 3.51. The molecule has 1 atom stereocenters. The molecule has 138 valence electrons. The van der Waals surface area contributed by atoms with Crippen molar-refractivity contribution >= 4 is 39.8 Å². The maximum Gasteiger partial charge on any atom is 0.451 e. The van der Waals surface area contributed by atoms with Gasteiger partial charge >= 0.3 is 6.18 Å². The molecule has 2 aromatic heterocycles. The van der Waals surface area contributed by atoms with E-state index >= 15 is 0 Å². The Balaban J connectivity index is 1.88. The van der Waals surface area contributed by atoms with E-state index in [1.54, 1.807) is 30.5 Å². The van der Waals surface area contributed by atoms with Gasteiger partial charge in [-0.3, -0.25) is 4.79 Å². The van der Waals surface area contributed by atoms with Gasteiger partial charge in [-0.2, -0.15) is 18.4 Å². The maximum atomic E-state index is 13.0. The molecule has 0 aliphatic carbocycles. The normalized spacial score (nSPS) is 12.7. The molecule has 0 N–H and O–H groups in total. The number of benzene rings is 1. The zero-order chi connectivity index (χ0) is 19.6. The summed E-state index contributed by atoms with van der Waals surface area (Å²) in [5, 5.41) is 11.9. The summed E-state index contributed by atoms with van der Waals surface area (Å²) in [6, 6.07) is 8.19. The van der Waals surface area contributed by atoms with Crippen LogP contribution in [0.2, 0.25) is 0 Å². The second kappa shape index (κ2) is 7.62. The smallest absolute Gasteiger partial charge is 0.297 e. The number of thioether (sulfide) groups is 1. The number of para-hydroxylation sites is 1. The predicted molar refractivity (Wildman–Crippen MR) is 95.5 cm³/mol. The molecule has 0 saturated heterocycles. The summed E-state index contributed by atoms with van der Waals surface area (Å²) in [5.41, 5.74) is 0.842. The summed E-state index contributed by atoms with van der Waals surface area (Å²) >= 11 is 2.06. The first-order valence-electron chi connectivity index (χ1n) is 7.60. The minimum absolute atomic E-state index is 0.0493. The molecule has 3 rings (SSSR count). The van der Waals surface area contributed by atoms with Crippen LogP contribution in [0.1, 0.15) is 22.4 Å². The first-order valence-corrected chi connectivity index (χ1v) is 9.47. The highest BCUT2D eigenvalue weighted by molar-refractivity contribution is 8.00. The number of thiazole rings is 1. The lowest BCUT2D eigenvalue weighted by atomic mass is 10.1. The van der Waals surface area contributed by atoms with Crippen molar-refractivity contribution in [3.8, 4) is 6.07 Å². The molecule has 0 amide bonds. The molecule has 27 heavy (non-hydrogen) atoms. The zero-order valence-electron chi connectivity index (χ0n) is 13.8. The minimum Gasteiger partial charge on any atom is -0.297 e. The maximum absolute atomic E-state index is 13.0. The second-order valence-corrected chi connectivity index (χ2v) is 7.37. The highest BCUT2D eigenvalue weighted by atomic mass is 32.2. The molecule has 0 bridgehead atoms. The van der Waals surface area contributed by atoms with E-state index in [1.807, 2.05) is 6.07 Å². The predicted octanol–water partition coefficient (Wildman–Crippen LogP) is 4.38. The molecule has 0 saturated carbocycles. The van der Waals surface area contributed by atoms with Crippen LogP contribution in [-0.2, 0) is 11.0 Å². The number of aromatic nitrogens is 3. The van der Waals surface area contributed by atoms with Crippen LogP contribution >= 0.6 is 23.1 Å². The number of carbonyl (C=O) groups excluding carboxylic acids is 1. The van der Waals surface area contributed by atoms with E-state index in [2.05, 4.69) is 15.0 Å². The number of nitriles is 1. The van der Waals surface area contributed by atoms with Gasteiger partial charge in [0.2, 0.25) is 5.82 Å².